The van der Waals surface area contributed by atoms with Gasteiger partial charge in [0.25, 0.3) is 0 Å². The zero-order valence-corrected chi connectivity index (χ0v) is 6.35. The zero-order chi connectivity index (χ0) is 8.15. The lowest BCUT2D eigenvalue weighted by atomic mass is 10.1. The summed E-state index contributed by atoms with van der Waals surface area (Å²) in [4.78, 5) is 10.4. The zero-order valence-electron chi connectivity index (χ0n) is 6.35. The second-order valence-electron chi connectivity index (χ2n) is 2.17. The fourth-order valence-corrected chi connectivity index (χ4v) is 0.612. The van der Waals surface area contributed by atoms with Crippen LogP contribution in [0.5, 0.6) is 0 Å². The number of hydrogen-bond donors (Lipinski definition) is 1. The van der Waals surface area contributed by atoms with Gasteiger partial charge in [-0.1, -0.05) is 19.1 Å². The van der Waals surface area contributed by atoms with E-state index in [0.717, 1.165) is 5.57 Å². The summed E-state index contributed by atoms with van der Waals surface area (Å²) in [5.41, 5.74) is 1.19. The molecular formula is C8H12O2. The summed E-state index contributed by atoms with van der Waals surface area (Å²) < 4.78 is 0. The third kappa shape index (κ3) is 3.07. The summed E-state index contributed by atoms with van der Waals surface area (Å²) in [6.07, 6.45) is 2.13. The first-order chi connectivity index (χ1) is 4.57. The first kappa shape index (κ1) is 8.95. The fourth-order valence-electron chi connectivity index (χ4n) is 0.612. The van der Waals surface area contributed by atoms with Crippen LogP contribution >= 0.6 is 0 Å². The molecule has 0 saturated carbocycles. The van der Waals surface area contributed by atoms with Crippen LogP contribution in [0.15, 0.2) is 23.8 Å². The Morgan fingerprint density at radius 2 is 2.20 bits per heavy atom. The van der Waals surface area contributed by atoms with Crippen molar-refractivity contribution in [1.29, 1.82) is 0 Å². The molecule has 0 unspecified atom stereocenters. The highest BCUT2D eigenvalue weighted by molar-refractivity contribution is 5.86. The van der Waals surface area contributed by atoms with Crippen molar-refractivity contribution in [2.75, 3.05) is 0 Å². The lowest BCUT2D eigenvalue weighted by Gasteiger charge is -1.95. The Hall–Kier alpha value is -1.05. The molecule has 0 aliphatic rings. The average Bonchev–Trinajstić information content (AvgIpc) is 1.81. The molecule has 0 saturated heterocycles. The highest BCUT2D eigenvalue weighted by Gasteiger charge is 2.01. The van der Waals surface area contributed by atoms with Crippen LogP contribution in [0.1, 0.15) is 20.3 Å². The molecule has 0 heterocycles. The Kier molecular flexibility index (Phi) is 3.47. The second-order valence-corrected chi connectivity index (χ2v) is 2.17. The van der Waals surface area contributed by atoms with Crippen LogP contribution in [0, 0.1) is 0 Å². The third-order valence-corrected chi connectivity index (χ3v) is 1.08. The van der Waals surface area contributed by atoms with Crippen LogP contribution in [0.25, 0.3) is 0 Å². The van der Waals surface area contributed by atoms with Gasteiger partial charge in [-0.15, -0.1) is 0 Å². The maximum absolute atomic E-state index is 10.4. The molecule has 2 heteroatoms. The Balaban J connectivity index is 4.34. The van der Waals surface area contributed by atoms with Crippen molar-refractivity contribution in [3.63, 3.8) is 0 Å². The van der Waals surface area contributed by atoms with Gasteiger partial charge in [-0.05, 0) is 19.4 Å². The van der Waals surface area contributed by atoms with E-state index >= 15 is 0 Å². The summed E-state index contributed by atoms with van der Waals surface area (Å²) >= 11 is 0. The van der Waals surface area contributed by atoms with Crippen molar-refractivity contribution in [3.05, 3.63) is 23.8 Å². The summed E-state index contributed by atoms with van der Waals surface area (Å²) in [6.45, 7) is 7.17. The maximum atomic E-state index is 10.4. The normalized spacial score (nSPS) is 11.2. The highest BCUT2D eigenvalue weighted by Crippen LogP contribution is 2.03. The first-order valence-corrected chi connectivity index (χ1v) is 3.17. The Morgan fingerprint density at radius 3 is 2.30 bits per heavy atom. The van der Waals surface area contributed by atoms with Crippen molar-refractivity contribution in [1.82, 2.24) is 0 Å². The van der Waals surface area contributed by atoms with Gasteiger partial charge in [-0.3, -0.25) is 0 Å². The van der Waals surface area contributed by atoms with E-state index in [4.69, 9.17) is 5.11 Å². The monoisotopic (exact) mass is 140 g/mol. The number of carbonyl (C=O) groups is 1. The van der Waals surface area contributed by atoms with Gasteiger partial charge in [0.2, 0.25) is 0 Å². The molecule has 2 nitrogen and oxygen atoms in total. The molecule has 0 aromatic rings. The van der Waals surface area contributed by atoms with Crippen LogP contribution in [0.3, 0.4) is 0 Å². The second kappa shape index (κ2) is 3.88. The van der Waals surface area contributed by atoms with Gasteiger partial charge in [-0.25, -0.2) is 4.79 Å². The van der Waals surface area contributed by atoms with E-state index in [9.17, 15) is 4.79 Å². The summed E-state index contributed by atoms with van der Waals surface area (Å²) in [6, 6.07) is 0. The molecular weight excluding hydrogens is 128 g/mol. The average molecular weight is 140 g/mol. The fraction of sp³-hybridized carbons (Fsp3) is 0.375. The number of carboxylic acids is 1. The van der Waals surface area contributed by atoms with E-state index in [0.29, 0.717) is 12.0 Å². The first-order valence-electron chi connectivity index (χ1n) is 3.17. The van der Waals surface area contributed by atoms with Gasteiger partial charge in [0.15, 0.2) is 0 Å². The Labute approximate surface area is 60.9 Å². The van der Waals surface area contributed by atoms with Crippen molar-refractivity contribution in [2.45, 2.75) is 20.3 Å². The molecule has 56 valence electrons. The molecule has 0 aromatic heterocycles. The minimum Gasteiger partial charge on any atom is -0.478 e. The van der Waals surface area contributed by atoms with E-state index < -0.39 is 5.97 Å². The van der Waals surface area contributed by atoms with E-state index in [1.165, 1.54) is 0 Å². The summed E-state index contributed by atoms with van der Waals surface area (Å²) in [5, 5.41) is 8.51. The van der Waals surface area contributed by atoms with Gasteiger partial charge in [-0.2, -0.15) is 0 Å². The van der Waals surface area contributed by atoms with Crippen molar-refractivity contribution in [2.24, 2.45) is 0 Å². The third-order valence-electron chi connectivity index (χ3n) is 1.08. The van der Waals surface area contributed by atoms with Crippen molar-refractivity contribution >= 4 is 5.97 Å². The molecule has 0 aliphatic heterocycles. The predicted molar refractivity (Wildman–Crippen MR) is 40.8 cm³/mol. The smallest absolute Gasteiger partial charge is 0.331 e. The topological polar surface area (TPSA) is 37.3 Å². The SMILES string of the molecule is C=C(C)/C=C(\CC)C(=O)O. The molecule has 1 N–H and O–H groups in total. The summed E-state index contributed by atoms with van der Waals surface area (Å²) in [5.74, 6) is -0.856. The van der Waals surface area contributed by atoms with Crippen LogP contribution in [-0.2, 0) is 4.79 Å². The number of aliphatic carboxylic acids is 1. The van der Waals surface area contributed by atoms with Crippen molar-refractivity contribution < 1.29 is 9.90 Å². The number of allylic oxidation sites excluding steroid dienone is 2. The lowest BCUT2D eigenvalue weighted by molar-refractivity contribution is -0.132. The van der Waals surface area contributed by atoms with Gasteiger partial charge >= 0.3 is 5.97 Å². The molecule has 0 aromatic carbocycles. The largest absolute Gasteiger partial charge is 0.478 e. The van der Waals surface area contributed by atoms with Crippen molar-refractivity contribution in [3.8, 4) is 0 Å². The molecule has 0 amide bonds. The highest BCUT2D eigenvalue weighted by atomic mass is 16.4. The van der Waals surface area contributed by atoms with E-state index in [1.807, 2.05) is 6.92 Å². The van der Waals surface area contributed by atoms with Crippen LogP contribution in [0.2, 0.25) is 0 Å². The predicted octanol–water partition coefficient (Wildman–Crippen LogP) is 1.98. The summed E-state index contributed by atoms with van der Waals surface area (Å²) in [7, 11) is 0. The Morgan fingerprint density at radius 1 is 1.70 bits per heavy atom. The number of hydrogen-bond acceptors (Lipinski definition) is 1. The lowest BCUT2D eigenvalue weighted by Crippen LogP contribution is -1.98. The minimum absolute atomic E-state index is 0.410. The maximum Gasteiger partial charge on any atom is 0.331 e. The molecule has 0 radical (unpaired) electrons. The molecule has 0 atom stereocenters. The number of rotatable bonds is 3. The van der Waals surface area contributed by atoms with Crippen LogP contribution in [-0.4, -0.2) is 11.1 Å². The molecule has 0 bridgehead atoms. The van der Waals surface area contributed by atoms with Gasteiger partial charge in [0.1, 0.15) is 0 Å². The minimum atomic E-state index is -0.856. The quantitative estimate of drug-likeness (QED) is 0.480. The number of carboxylic acid groups (broad SMARTS) is 1. The van der Waals surface area contributed by atoms with Gasteiger partial charge in [0, 0.05) is 5.57 Å². The molecule has 0 spiro atoms. The van der Waals surface area contributed by atoms with E-state index in [-0.39, 0.29) is 0 Å². The Bertz CT molecular complexity index is 178. The van der Waals surface area contributed by atoms with E-state index in [1.54, 1.807) is 13.0 Å². The van der Waals surface area contributed by atoms with Gasteiger partial charge < -0.3 is 5.11 Å². The standard InChI is InChI=1S/C8H12O2/c1-4-7(8(9)10)5-6(2)3/h5H,2,4H2,1,3H3,(H,9,10)/b7-5+. The van der Waals surface area contributed by atoms with Crippen LogP contribution < -0.4 is 0 Å². The van der Waals surface area contributed by atoms with Gasteiger partial charge in [0.05, 0.1) is 0 Å². The van der Waals surface area contributed by atoms with Crippen LogP contribution in [0.4, 0.5) is 0 Å². The molecule has 0 rings (SSSR count). The molecule has 10 heavy (non-hydrogen) atoms. The molecule has 0 aliphatic carbocycles. The molecule has 0 fully saturated rings. The van der Waals surface area contributed by atoms with E-state index in [2.05, 4.69) is 6.58 Å².